The zero-order chi connectivity index (χ0) is 49.1. The lowest BCUT2D eigenvalue weighted by Crippen LogP contribution is -2.27. The van der Waals surface area contributed by atoms with Crippen LogP contribution in [-0.4, -0.2) is 40.3 Å². The number of rotatable bonds is 14. The van der Waals surface area contributed by atoms with E-state index in [2.05, 4.69) is 34.9 Å². The molecule has 9 rings (SSSR count). The molecule has 0 saturated heterocycles. The summed E-state index contributed by atoms with van der Waals surface area (Å²) in [6.07, 6.45) is 0. The van der Waals surface area contributed by atoms with Gasteiger partial charge in [0.2, 0.25) is 0 Å². The second kappa shape index (κ2) is 19.8. The molecule has 0 bridgehead atoms. The van der Waals surface area contributed by atoms with E-state index in [0.29, 0.717) is 45.5 Å². The Labute approximate surface area is 407 Å². The molecule has 9 aromatic carbocycles. The number of carbonyl (C=O) groups excluding carboxylic acids is 2. The van der Waals surface area contributed by atoms with Crippen molar-refractivity contribution in [2.24, 2.45) is 0 Å². The Morgan fingerprint density at radius 3 is 1.03 bits per heavy atom. The van der Waals surface area contributed by atoms with E-state index in [1.807, 2.05) is 159 Å². The summed E-state index contributed by atoms with van der Waals surface area (Å²) in [7, 11) is 6.20. The highest BCUT2D eigenvalue weighted by atomic mass is 16.5. The fraction of sp³-hybridized carbons (Fsp3) is 0.133. The molecule has 350 valence electrons. The summed E-state index contributed by atoms with van der Waals surface area (Å²) in [4.78, 5) is 27.8. The van der Waals surface area contributed by atoms with Crippen LogP contribution in [0.15, 0.2) is 170 Å². The number of hydrogen-bond acceptors (Lipinski definition) is 8. The van der Waals surface area contributed by atoms with Crippen LogP contribution in [0.25, 0.3) is 66.1 Å². The molecule has 0 aromatic heterocycles. The van der Waals surface area contributed by atoms with Crippen LogP contribution in [0, 0.1) is 0 Å². The first kappa shape index (κ1) is 46.4. The Morgan fingerprint density at radius 1 is 0.400 bits per heavy atom. The van der Waals surface area contributed by atoms with Gasteiger partial charge < -0.3 is 41.0 Å². The molecule has 0 spiro atoms. The Bertz CT molecular complexity index is 3140. The third-order valence-corrected chi connectivity index (χ3v) is 13.1. The molecule has 6 N–H and O–H groups in total. The number of nitrogen functional groups attached to an aromatic ring is 2. The van der Waals surface area contributed by atoms with Crippen molar-refractivity contribution in [2.75, 3.05) is 39.9 Å². The zero-order valence-corrected chi connectivity index (χ0v) is 39.9. The standard InChI is InChI=1S/C60H54N4O6/c1-35(37-17-9-7-10-18-37)63-59(65)55-49(67-3)31-41(32-50(55)68-4)43-25-13-21-39-23-15-27-45(53(39)43)47-29-30-48(58(62)57(47)61)46-28-16-24-40-22-14-26-44(54(40)46)42-33-51(69-5)56(52(34-42)70-6)60(66)64-36(2)38-19-11-8-12-20-38/h7-36H,61-62H2,1-6H3,(H,63,65)(H,64,66)/t35-,36-/m1/s1. The predicted octanol–water partition coefficient (Wildman–Crippen LogP) is 12.8. The lowest BCUT2D eigenvalue weighted by molar-refractivity contribution is 0.0924. The lowest BCUT2D eigenvalue weighted by Gasteiger charge is -2.21. The minimum atomic E-state index is -0.317. The monoisotopic (exact) mass is 926 g/mol. The molecule has 0 saturated carbocycles. The van der Waals surface area contributed by atoms with Gasteiger partial charge in [-0.25, -0.2) is 0 Å². The van der Waals surface area contributed by atoms with Crippen molar-refractivity contribution in [3.05, 3.63) is 192 Å². The van der Waals surface area contributed by atoms with Gasteiger partial charge in [-0.3, -0.25) is 9.59 Å². The molecule has 0 aliphatic heterocycles. The normalized spacial score (nSPS) is 12.0. The fourth-order valence-electron chi connectivity index (χ4n) is 9.49. The van der Waals surface area contributed by atoms with Crippen LogP contribution in [0.2, 0.25) is 0 Å². The number of amides is 2. The molecule has 0 fully saturated rings. The number of carbonyl (C=O) groups is 2. The van der Waals surface area contributed by atoms with Crippen molar-refractivity contribution in [1.82, 2.24) is 10.6 Å². The van der Waals surface area contributed by atoms with Gasteiger partial charge in [0.25, 0.3) is 11.8 Å². The topological polar surface area (TPSA) is 147 Å². The van der Waals surface area contributed by atoms with Gasteiger partial charge in [0.1, 0.15) is 34.1 Å². The van der Waals surface area contributed by atoms with Crippen LogP contribution in [0.1, 0.15) is 57.8 Å². The molecule has 10 nitrogen and oxygen atoms in total. The fourth-order valence-corrected chi connectivity index (χ4v) is 9.49. The number of anilines is 2. The average Bonchev–Trinajstić information content (AvgIpc) is 3.40. The molecule has 2 atom stereocenters. The van der Waals surface area contributed by atoms with Gasteiger partial charge in [0, 0.05) is 11.1 Å². The van der Waals surface area contributed by atoms with Gasteiger partial charge in [-0.05, 0) is 104 Å². The maximum absolute atomic E-state index is 13.9. The molecular weight excluding hydrogens is 873 g/mol. The van der Waals surface area contributed by atoms with E-state index in [9.17, 15) is 9.59 Å². The molecule has 70 heavy (non-hydrogen) atoms. The molecule has 2 amide bonds. The van der Waals surface area contributed by atoms with Gasteiger partial charge in [0.05, 0.1) is 51.9 Å². The number of hydrogen-bond donors (Lipinski definition) is 4. The summed E-state index contributed by atoms with van der Waals surface area (Å²) in [6, 6.07) is 55.0. The number of methoxy groups -OCH3 is 4. The highest BCUT2D eigenvalue weighted by Gasteiger charge is 2.26. The van der Waals surface area contributed by atoms with Crippen LogP contribution in [-0.2, 0) is 0 Å². The van der Waals surface area contributed by atoms with Crippen LogP contribution in [0.3, 0.4) is 0 Å². The molecule has 0 heterocycles. The minimum Gasteiger partial charge on any atom is -0.496 e. The minimum absolute atomic E-state index is 0.253. The molecular formula is C60H54N4O6. The van der Waals surface area contributed by atoms with Crippen molar-refractivity contribution in [3.8, 4) is 67.5 Å². The van der Waals surface area contributed by atoms with E-state index >= 15 is 0 Å². The van der Waals surface area contributed by atoms with Gasteiger partial charge in [-0.2, -0.15) is 0 Å². The Hall–Kier alpha value is -8.76. The van der Waals surface area contributed by atoms with Gasteiger partial charge >= 0.3 is 0 Å². The second-order valence-electron chi connectivity index (χ2n) is 17.1. The van der Waals surface area contributed by atoms with E-state index in [0.717, 1.165) is 77.2 Å². The Balaban J connectivity index is 1.11. The summed E-state index contributed by atoms with van der Waals surface area (Å²) in [5.74, 6) is 0.852. The predicted molar refractivity (Wildman–Crippen MR) is 283 cm³/mol. The van der Waals surface area contributed by atoms with Crippen molar-refractivity contribution in [3.63, 3.8) is 0 Å². The van der Waals surface area contributed by atoms with Crippen molar-refractivity contribution >= 4 is 44.7 Å². The van der Waals surface area contributed by atoms with Crippen LogP contribution in [0.4, 0.5) is 11.4 Å². The summed E-state index contributed by atoms with van der Waals surface area (Å²) >= 11 is 0. The van der Waals surface area contributed by atoms with Crippen LogP contribution in [0.5, 0.6) is 23.0 Å². The van der Waals surface area contributed by atoms with Crippen molar-refractivity contribution in [2.45, 2.75) is 25.9 Å². The summed E-state index contributed by atoms with van der Waals surface area (Å²) < 4.78 is 23.6. The molecule has 10 heteroatoms. The maximum Gasteiger partial charge on any atom is 0.259 e. The highest BCUT2D eigenvalue weighted by Crippen LogP contribution is 2.47. The van der Waals surface area contributed by atoms with Gasteiger partial charge in [-0.1, -0.05) is 146 Å². The number of benzene rings is 9. The zero-order valence-electron chi connectivity index (χ0n) is 39.9. The smallest absolute Gasteiger partial charge is 0.259 e. The molecule has 0 radical (unpaired) electrons. The summed E-state index contributed by atoms with van der Waals surface area (Å²) in [5, 5.41) is 10.0. The molecule has 9 aromatic rings. The number of nitrogens with two attached hydrogens (primary N) is 2. The third kappa shape index (κ3) is 8.67. The van der Waals surface area contributed by atoms with E-state index in [4.69, 9.17) is 30.4 Å². The lowest BCUT2D eigenvalue weighted by atomic mass is 9.87. The second-order valence-corrected chi connectivity index (χ2v) is 17.1. The molecule has 0 aliphatic carbocycles. The van der Waals surface area contributed by atoms with E-state index in [-0.39, 0.29) is 23.9 Å². The largest absolute Gasteiger partial charge is 0.496 e. The average molecular weight is 927 g/mol. The van der Waals surface area contributed by atoms with Crippen LogP contribution >= 0.6 is 0 Å². The van der Waals surface area contributed by atoms with Crippen LogP contribution < -0.4 is 41.0 Å². The number of fused-ring (bicyclic) bond motifs is 2. The Morgan fingerprint density at radius 2 is 0.714 bits per heavy atom. The SMILES string of the molecule is COc1cc(-c2cccc3cccc(-c4ccc(-c5cccc6cccc(-c7cc(OC)c(C(=O)N[C@H](C)c8ccccc8)c(OC)c7)c56)c(N)c4N)c23)cc(OC)c1C(=O)N[C@H](C)c1ccccc1. The number of ether oxygens (including phenoxy) is 4. The number of nitrogens with one attached hydrogen (secondary N) is 2. The Kier molecular flexibility index (Phi) is 13.1. The van der Waals surface area contributed by atoms with Crippen molar-refractivity contribution < 1.29 is 28.5 Å². The van der Waals surface area contributed by atoms with E-state index in [1.165, 1.54) is 0 Å². The first-order valence-electron chi connectivity index (χ1n) is 23.0. The molecule has 0 aliphatic rings. The summed E-state index contributed by atoms with van der Waals surface area (Å²) in [5.41, 5.74) is 24.3. The maximum atomic E-state index is 13.9. The summed E-state index contributed by atoms with van der Waals surface area (Å²) in [6.45, 7) is 3.88. The van der Waals surface area contributed by atoms with E-state index in [1.54, 1.807) is 28.4 Å². The third-order valence-electron chi connectivity index (χ3n) is 13.1. The first-order valence-corrected chi connectivity index (χ1v) is 23.0. The first-order chi connectivity index (χ1) is 34.0. The van der Waals surface area contributed by atoms with Crippen molar-refractivity contribution in [1.29, 1.82) is 0 Å². The van der Waals surface area contributed by atoms with E-state index < -0.39 is 0 Å². The van der Waals surface area contributed by atoms with Gasteiger partial charge in [-0.15, -0.1) is 0 Å². The highest BCUT2D eigenvalue weighted by molar-refractivity contribution is 6.13. The van der Waals surface area contributed by atoms with Gasteiger partial charge in [0.15, 0.2) is 0 Å². The quantitative estimate of drug-likeness (QED) is 0.0788. The molecule has 0 unspecified atom stereocenters.